The summed E-state index contributed by atoms with van der Waals surface area (Å²) in [5.74, 6) is -0.793. The lowest BCUT2D eigenvalue weighted by molar-refractivity contribution is -0.139. The lowest BCUT2D eigenvalue weighted by Crippen LogP contribution is -2.37. The molecule has 0 aromatic heterocycles. The first-order valence-corrected chi connectivity index (χ1v) is 6.63. The van der Waals surface area contributed by atoms with Gasteiger partial charge in [-0.1, -0.05) is 24.3 Å². The SMILES string of the molecule is Cc1ccccc1CC(=O)N1CCCC1CC(=O)O. The lowest BCUT2D eigenvalue weighted by Gasteiger charge is -2.23. The van der Waals surface area contributed by atoms with Crippen molar-refractivity contribution in [2.75, 3.05) is 6.54 Å². The Kier molecular flexibility index (Phi) is 4.20. The maximum absolute atomic E-state index is 12.3. The van der Waals surface area contributed by atoms with Crippen molar-refractivity contribution in [1.29, 1.82) is 0 Å². The number of amides is 1. The van der Waals surface area contributed by atoms with E-state index in [1.54, 1.807) is 4.90 Å². The third-order valence-electron chi connectivity index (χ3n) is 3.71. The Bertz CT molecular complexity index is 484. The van der Waals surface area contributed by atoms with Gasteiger partial charge in [0.05, 0.1) is 12.8 Å². The molecule has 1 N–H and O–H groups in total. The van der Waals surface area contributed by atoms with Crippen molar-refractivity contribution < 1.29 is 14.7 Å². The Morgan fingerprint density at radius 3 is 2.79 bits per heavy atom. The number of nitrogens with zero attached hydrogens (tertiary/aromatic N) is 1. The van der Waals surface area contributed by atoms with Crippen LogP contribution < -0.4 is 0 Å². The summed E-state index contributed by atoms with van der Waals surface area (Å²) in [6.07, 6.45) is 2.12. The molecule has 0 spiro atoms. The molecule has 1 atom stereocenters. The zero-order valence-electron chi connectivity index (χ0n) is 11.1. The highest BCUT2D eigenvalue weighted by Crippen LogP contribution is 2.21. The number of carboxylic acid groups (broad SMARTS) is 1. The minimum Gasteiger partial charge on any atom is -0.481 e. The third kappa shape index (κ3) is 3.34. The maximum Gasteiger partial charge on any atom is 0.305 e. The Morgan fingerprint density at radius 2 is 2.11 bits per heavy atom. The average molecular weight is 261 g/mol. The summed E-state index contributed by atoms with van der Waals surface area (Å²) >= 11 is 0. The van der Waals surface area contributed by atoms with Gasteiger partial charge in [0.15, 0.2) is 0 Å². The molecule has 1 heterocycles. The van der Waals surface area contributed by atoms with Crippen LogP contribution in [0.4, 0.5) is 0 Å². The number of carbonyl (C=O) groups is 2. The van der Waals surface area contributed by atoms with Crippen LogP contribution in [0.15, 0.2) is 24.3 Å². The molecule has 4 nitrogen and oxygen atoms in total. The molecule has 2 rings (SSSR count). The van der Waals surface area contributed by atoms with Gasteiger partial charge in [0.1, 0.15) is 0 Å². The molecule has 1 aromatic rings. The summed E-state index contributed by atoms with van der Waals surface area (Å²) in [6.45, 7) is 2.67. The molecule has 0 saturated carbocycles. The fourth-order valence-electron chi connectivity index (χ4n) is 2.65. The Morgan fingerprint density at radius 1 is 1.37 bits per heavy atom. The Balaban J connectivity index is 2.03. The quantitative estimate of drug-likeness (QED) is 0.902. The van der Waals surface area contributed by atoms with Crippen molar-refractivity contribution in [3.05, 3.63) is 35.4 Å². The number of benzene rings is 1. The zero-order chi connectivity index (χ0) is 13.8. The normalized spacial score (nSPS) is 18.6. The second-order valence-corrected chi connectivity index (χ2v) is 5.08. The van der Waals surface area contributed by atoms with Crippen molar-refractivity contribution >= 4 is 11.9 Å². The van der Waals surface area contributed by atoms with E-state index in [4.69, 9.17) is 5.11 Å². The van der Waals surface area contributed by atoms with E-state index in [0.717, 1.165) is 24.0 Å². The molecule has 19 heavy (non-hydrogen) atoms. The third-order valence-corrected chi connectivity index (χ3v) is 3.71. The molecule has 1 unspecified atom stereocenters. The highest BCUT2D eigenvalue weighted by Gasteiger charge is 2.30. The molecule has 1 aromatic carbocycles. The highest BCUT2D eigenvalue weighted by molar-refractivity contribution is 5.80. The number of likely N-dealkylation sites (tertiary alicyclic amines) is 1. The van der Waals surface area contributed by atoms with E-state index in [-0.39, 0.29) is 18.4 Å². The smallest absolute Gasteiger partial charge is 0.305 e. The van der Waals surface area contributed by atoms with Crippen molar-refractivity contribution in [3.63, 3.8) is 0 Å². The van der Waals surface area contributed by atoms with E-state index in [0.29, 0.717) is 13.0 Å². The molecule has 0 bridgehead atoms. The number of aliphatic carboxylic acids is 1. The van der Waals surface area contributed by atoms with Crippen LogP contribution in [0.25, 0.3) is 0 Å². The first kappa shape index (κ1) is 13.6. The molecule has 0 radical (unpaired) electrons. The van der Waals surface area contributed by atoms with Gasteiger partial charge in [-0.05, 0) is 30.9 Å². The highest BCUT2D eigenvalue weighted by atomic mass is 16.4. The van der Waals surface area contributed by atoms with Crippen LogP contribution in [0.5, 0.6) is 0 Å². The number of carboxylic acids is 1. The monoisotopic (exact) mass is 261 g/mol. The van der Waals surface area contributed by atoms with Crippen LogP contribution in [0.3, 0.4) is 0 Å². The van der Waals surface area contributed by atoms with Gasteiger partial charge in [-0.2, -0.15) is 0 Å². The first-order chi connectivity index (χ1) is 9.08. The van der Waals surface area contributed by atoms with Gasteiger partial charge in [-0.25, -0.2) is 0 Å². The van der Waals surface area contributed by atoms with Gasteiger partial charge in [-0.15, -0.1) is 0 Å². The molecule has 1 fully saturated rings. The molecular formula is C15H19NO3. The first-order valence-electron chi connectivity index (χ1n) is 6.63. The van der Waals surface area contributed by atoms with E-state index >= 15 is 0 Å². The van der Waals surface area contributed by atoms with Gasteiger partial charge < -0.3 is 10.0 Å². The number of hydrogen-bond donors (Lipinski definition) is 1. The topological polar surface area (TPSA) is 57.6 Å². The molecule has 1 aliphatic heterocycles. The van der Waals surface area contributed by atoms with E-state index in [1.165, 1.54) is 0 Å². The summed E-state index contributed by atoms with van der Waals surface area (Å²) < 4.78 is 0. The van der Waals surface area contributed by atoms with Crippen molar-refractivity contribution in [2.45, 2.75) is 38.6 Å². The molecule has 1 saturated heterocycles. The van der Waals surface area contributed by atoms with Crippen LogP contribution in [0.1, 0.15) is 30.4 Å². The average Bonchev–Trinajstić information content (AvgIpc) is 2.79. The standard InChI is InChI=1S/C15H19NO3/c1-11-5-2-3-6-12(11)9-14(17)16-8-4-7-13(16)10-15(18)19/h2-3,5-6,13H,4,7-10H2,1H3,(H,18,19). The van der Waals surface area contributed by atoms with Crippen molar-refractivity contribution in [1.82, 2.24) is 4.90 Å². The largest absolute Gasteiger partial charge is 0.481 e. The van der Waals surface area contributed by atoms with E-state index < -0.39 is 5.97 Å². The number of rotatable bonds is 4. The second kappa shape index (κ2) is 5.87. The Hall–Kier alpha value is -1.84. The van der Waals surface area contributed by atoms with Gasteiger partial charge in [0.2, 0.25) is 5.91 Å². The summed E-state index contributed by atoms with van der Waals surface area (Å²) in [5, 5.41) is 8.87. The van der Waals surface area contributed by atoms with Crippen LogP contribution in [-0.4, -0.2) is 34.5 Å². The summed E-state index contributed by atoms with van der Waals surface area (Å²) in [5.41, 5.74) is 2.12. The summed E-state index contributed by atoms with van der Waals surface area (Å²) in [4.78, 5) is 24.8. The molecule has 4 heteroatoms. The second-order valence-electron chi connectivity index (χ2n) is 5.08. The Labute approximate surface area is 113 Å². The molecule has 1 aliphatic rings. The number of hydrogen-bond acceptors (Lipinski definition) is 2. The van der Waals surface area contributed by atoms with Gasteiger partial charge >= 0.3 is 5.97 Å². The fraction of sp³-hybridized carbons (Fsp3) is 0.467. The van der Waals surface area contributed by atoms with E-state index in [9.17, 15) is 9.59 Å². The molecule has 0 aliphatic carbocycles. The van der Waals surface area contributed by atoms with Crippen LogP contribution >= 0.6 is 0 Å². The van der Waals surface area contributed by atoms with Crippen LogP contribution in [-0.2, 0) is 16.0 Å². The molecular weight excluding hydrogens is 242 g/mol. The van der Waals surface area contributed by atoms with Crippen LogP contribution in [0, 0.1) is 6.92 Å². The van der Waals surface area contributed by atoms with E-state index in [2.05, 4.69) is 0 Å². The van der Waals surface area contributed by atoms with Crippen LogP contribution in [0.2, 0.25) is 0 Å². The molecule has 102 valence electrons. The van der Waals surface area contributed by atoms with Gasteiger partial charge in [0, 0.05) is 12.6 Å². The lowest BCUT2D eigenvalue weighted by atomic mass is 10.0. The maximum atomic E-state index is 12.3. The number of aryl methyl sites for hydroxylation is 1. The predicted molar refractivity (Wildman–Crippen MR) is 71.9 cm³/mol. The zero-order valence-corrected chi connectivity index (χ0v) is 11.1. The number of carbonyl (C=O) groups excluding carboxylic acids is 1. The minimum absolute atomic E-state index is 0.0399. The van der Waals surface area contributed by atoms with Crippen molar-refractivity contribution in [2.24, 2.45) is 0 Å². The molecule has 1 amide bonds. The summed E-state index contributed by atoms with van der Waals surface area (Å²) in [6, 6.07) is 7.69. The fourth-order valence-corrected chi connectivity index (χ4v) is 2.65. The predicted octanol–water partition coefficient (Wildman–Crippen LogP) is 2.00. The van der Waals surface area contributed by atoms with E-state index in [1.807, 2.05) is 31.2 Å². The van der Waals surface area contributed by atoms with Crippen molar-refractivity contribution in [3.8, 4) is 0 Å². The minimum atomic E-state index is -0.833. The van der Waals surface area contributed by atoms with Gasteiger partial charge in [-0.3, -0.25) is 9.59 Å². The summed E-state index contributed by atoms with van der Waals surface area (Å²) in [7, 11) is 0. The van der Waals surface area contributed by atoms with Gasteiger partial charge in [0.25, 0.3) is 0 Å².